The number of carboxylic acid groups (broad SMARTS) is 1. The lowest BCUT2D eigenvalue weighted by Crippen LogP contribution is -2.56. The van der Waals surface area contributed by atoms with E-state index in [9.17, 15) is 19.8 Å². The molecule has 1 fully saturated rings. The third kappa shape index (κ3) is 3.58. The fourth-order valence-corrected chi connectivity index (χ4v) is 2.06. The minimum absolute atomic E-state index is 0.139. The summed E-state index contributed by atoms with van der Waals surface area (Å²) in [4.78, 5) is 24.2. The van der Waals surface area contributed by atoms with E-state index in [1.807, 2.05) is 0 Å². The Hall–Kier alpha value is -1.34. The van der Waals surface area contributed by atoms with E-state index in [2.05, 4.69) is 5.32 Å². The van der Waals surface area contributed by atoms with Crippen LogP contribution in [-0.4, -0.2) is 63.6 Å². The minimum atomic E-state index is -1.33. The standard InChI is InChI=1S/C11H20N2O5/c1-7(15)9(10(16)17)12-11(18)13-5-3-2-4-8(13)6-14/h7-9,14-15H,2-6H2,1H3,(H,12,18)(H,16,17)/t7-,8?,9+/m1/s1. The highest BCUT2D eigenvalue weighted by atomic mass is 16.4. The van der Waals surface area contributed by atoms with Gasteiger partial charge in [-0.2, -0.15) is 0 Å². The second kappa shape index (κ2) is 6.55. The summed E-state index contributed by atoms with van der Waals surface area (Å²) in [5.74, 6) is -1.28. The SMILES string of the molecule is C[C@@H](O)[C@H](NC(=O)N1CCCCC1CO)C(=O)O. The van der Waals surface area contributed by atoms with Gasteiger partial charge in [-0.1, -0.05) is 0 Å². The van der Waals surface area contributed by atoms with E-state index in [4.69, 9.17) is 5.11 Å². The molecule has 0 bridgehead atoms. The maximum atomic E-state index is 11.9. The Bertz CT molecular complexity index is 308. The molecule has 0 aliphatic carbocycles. The van der Waals surface area contributed by atoms with Gasteiger partial charge in [-0.25, -0.2) is 9.59 Å². The van der Waals surface area contributed by atoms with Crippen molar-refractivity contribution in [2.45, 2.75) is 44.4 Å². The highest BCUT2D eigenvalue weighted by Crippen LogP contribution is 2.16. The summed E-state index contributed by atoms with van der Waals surface area (Å²) in [7, 11) is 0. The zero-order valence-electron chi connectivity index (χ0n) is 10.4. The van der Waals surface area contributed by atoms with Crippen LogP contribution in [0.1, 0.15) is 26.2 Å². The van der Waals surface area contributed by atoms with Gasteiger partial charge in [0.2, 0.25) is 0 Å². The molecule has 0 spiro atoms. The van der Waals surface area contributed by atoms with Crippen molar-refractivity contribution in [3.8, 4) is 0 Å². The van der Waals surface area contributed by atoms with Crippen molar-refractivity contribution in [1.29, 1.82) is 0 Å². The molecule has 1 unspecified atom stereocenters. The van der Waals surface area contributed by atoms with Crippen molar-refractivity contribution in [2.24, 2.45) is 0 Å². The van der Waals surface area contributed by atoms with E-state index >= 15 is 0 Å². The number of carbonyl (C=O) groups excluding carboxylic acids is 1. The Balaban J connectivity index is 2.64. The van der Waals surface area contributed by atoms with Crippen molar-refractivity contribution in [3.63, 3.8) is 0 Å². The molecule has 0 aromatic carbocycles. The van der Waals surface area contributed by atoms with Crippen LogP contribution in [0.5, 0.6) is 0 Å². The van der Waals surface area contributed by atoms with E-state index in [1.165, 1.54) is 11.8 Å². The number of piperidine rings is 1. The number of hydrogen-bond acceptors (Lipinski definition) is 4. The summed E-state index contributed by atoms with van der Waals surface area (Å²) in [6, 6.07) is -2.16. The monoisotopic (exact) mass is 260 g/mol. The van der Waals surface area contributed by atoms with Crippen LogP contribution < -0.4 is 5.32 Å². The lowest BCUT2D eigenvalue weighted by atomic mass is 10.0. The number of carboxylic acids is 1. The van der Waals surface area contributed by atoms with Crippen molar-refractivity contribution in [2.75, 3.05) is 13.2 Å². The van der Waals surface area contributed by atoms with Crippen LogP contribution >= 0.6 is 0 Å². The molecule has 1 saturated heterocycles. The van der Waals surface area contributed by atoms with Crippen LogP contribution in [0.3, 0.4) is 0 Å². The quantitative estimate of drug-likeness (QED) is 0.538. The number of nitrogens with zero attached hydrogens (tertiary/aromatic N) is 1. The molecule has 3 atom stereocenters. The topological polar surface area (TPSA) is 110 Å². The van der Waals surface area contributed by atoms with Crippen LogP contribution in [0.2, 0.25) is 0 Å². The molecule has 1 aliphatic rings. The summed E-state index contributed by atoms with van der Waals surface area (Å²) < 4.78 is 0. The number of rotatable bonds is 4. The Labute approximate surface area is 105 Å². The number of aliphatic carboxylic acids is 1. The Kier molecular flexibility index (Phi) is 5.36. The van der Waals surface area contributed by atoms with Crippen molar-refractivity contribution in [1.82, 2.24) is 10.2 Å². The minimum Gasteiger partial charge on any atom is -0.480 e. The Morgan fingerprint density at radius 2 is 2.11 bits per heavy atom. The van der Waals surface area contributed by atoms with E-state index < -0.39 is 24.1 Å². The van der Waals surface area contributed by atoms with E-state index in [0.29, 0.717) is 13.0 Å². The van der Waals surface area contributed by atoms with Gasteiger partial charge in [0.1, 0.15) is 0 Å². The van der Waals surface area contributed by atoms with Crippen LogP contribution in [-0.2, 0) is 4.79 Å². The Morgan fingerprint density at radius 3 is 2.61 bits per heavy atom. The van der Waals surface area contributed by atoms with Gasteiger partial charge in [0.15, 0.2) is 6.04 Å². The van der Waals surface area contributed by atoms with Gasteiger partial charge < -0.3 is 25.5 Å². The number of amides is 2. The van der Waals surface area contributed by atoms with Gasteiger partial charge in [0.05, 0.1) is 18.8 Å². The largest absolute Gasteiger partial charge is 0.480 e. The zero-order chi connectivity index (χ0) is 13.7. The van der Waals surface area contributed by atoms with Gasteiger partial charge >= 0.3 is 12.0 Å². The zero-order valence-corrected chi connectivity index (χ0v) is 10.4. The van der Waals surface area contributed by atoms with Gasteiger partial charge in [-0.15, -0.1) is 0 Å². The van der Waals surface area contributed by atoms with Gasteiger partial charge in [-0.3, -0.25) is 0 Å². The predicted octanol–water partition coefficient (Wildman–Crippen LogP) is -0.623. The first-order chi connectivity index (χ1) is 8.47. The first kappa shape index (κ1) is 14.7. The molecule has 1 aliphatic heterocycles. The molecule has 7 heteroatoms. The van der Waals surface area contributed by atoms with Crippen LogP contribution in [0.15, 0.2) is 0 Å². The summed E-state index contributed by atoms with van der Waals surface area (Å²) in [6.07, 6.45) is 1.30. The highest BCUT2D eigenvalue weighted by Gasteiger charge is 2.31. The summed E-state index contributed by atoms with van der Waals surface area (Å²) in [5, 5.41) is 29.6. The predicted molar refractivity (Wildman–Crippen MR) is 63.1 cm³/mol. The molecule has 104 valence electrons. The number of aliphatic hydroxyl groups excluding tert-OH is 2. The summed E-state index contributed by atoms with van der Waals surface area (Å²) in [6.45, 7) is 1.65. The fourth-order valence-electron chi connectivity index (χ4n) is 2.06. The maximum Gasteiger partial charge on any atom is 0.328 e. The molecular formula is C11H20N2O5. The molecule has 1 rings (SSSR count). The summed E-state index contributed by atoms with van der Waals surface area (Å²) >= 11 is 0. The van der Waals surface area contributed by atoms with E-state index in [0.717, 1.165) is 12.8 Å². The summed E-state index contributed by atoms with van der Waals surface area (Å²) in [5.41, 5.74) is 0. The van der Waals surface area contributed by atoms with Gasteiger partial charge in [0, 0.05) is 6.54 Å². The average Bonchev–Trinajstić information content (AvgIpc) is 2.34. The molecule has 4 N–H and O–H groups in total. The third-order valence-electron chi connectivity index (χ3n) is 3.13. The molecule has 0 saturated carbocycles. The third-order valence-corrected chi connectivity index (χ3v) is 3.13. The molecule has 1 heterocycles. The molecule has 7 nitrogen and oxygen atoms in total. The van der Waals surface area contributed by atoms with Crippen LogP contribution in [0, 0.1) is 0 Å². The smallest absolute Gasteiger partial charge is 0.328 e. The molecule has 18 heavy (non-hydrogen) atoms. The number of aliphatic hydroxyl groups is 2. The highest BCUT2D eigenvalue weighted by molar-refractivity contribution is 5.83. The second-order valence-electron chi connectivity index (χ2n) is 4.53. The number of hydrogen-bond donors (Lipinski definition) is 4. The molecule has 0 aromatic rings. The average molecular weight is 260 g/mol. The molecular weight excluding hydrogens is 240 g/mol. The fraction of sp³-hybridized carbons (Fsp3) is 0.818. The molecule has 2 amide bonds. The normalized spacial score (nSPS) is 23.3. The molecule has 0 radical (unpaired) electrons. The van der Waals surface area contributed by atoms with Crippen LogP contribution in [0.25, 0.3) is 0 Å². The van der Waals surface area contributed by atoms with Gasteiger partial charge in [0.25, 0.3) is 0 Å². The van der Waals surface area contributed by atoms with Gasteiger partial charge in [-0.05, 0) is 26.2 Å². The number of urea groups is 1. The maximum absolute atomic E-state index is 11.9. The first-order valence-corrected chi connectivity index (χ1v) is 6.06. The van der Waals surface area contributed by atoms with Crippen molar-refractivity contribution < 1.29 is 24.9 Å². The van der Waals surface area contributed by atoms with Crippen molar-refractivity contribution >= 4 is 12.0 Å². The van der Waals surface area contributed by atoms with Crippen molar-refractivity contribution in [3.05, 3.63) is 0 Å². The Morgan fingerprint density at radius 1 is 1.44 bits per heavy atom. The number of carbonyl (C=O) groups is 2. The number of likely N-dealkylation sites (tertiary alicyclic amines) is 1. The first-order valence-electron chi connectivity index (χ1n) is 6.06. The lowest BCUT2D eigenvalue weighted by Gasteiger charge is -2.35. The lowest BCUT2D eigenvalue weighted by molar-refractivity contribution is -0.141. The second-order valence-corrected chi connectivity index (χ2v) is 4.53. The van der Waals surface area contributed by atoms with E-state index in [1.54, 1.807) is 0 Å². The molecule has 0 aromatic heterocycles. The number of nitrogens with one attached hydrogen (secondary N) is 1. The van der Waals surface area contributed by atoms with E-state index in [-0.39, 0.29) is 12.6 Å². The van der Waals surface area contributed by atoms with Crippen LogP contribution in [0.4, 0.5) is 4.79 Å².